The zero-order valence-electron chi connectivity index (χ0n) is 13.7. The van der Waals surface area contributed by atoms with Gasteiger partial charge in [-0.05, 0) is 50.8 Å². The Bertz CT molecular complexity index is 759. The summed E-state index contributed by atoms with van der Waals surface area (Å²) in [6.07, 6.45) is 3.55. The summed E-state index contributed by atoms with van der Waals surface area (Å²) in [5, 5.41) is 10.9. The highest BCUT2D eigenvalue weighted by Crippen LogP contribution is 2.21. The van der Waals surface area contributed by atoms with Crippen LogP contribution in [-0.4, -0.2) is 33.0 Å². The number of nitrogens with two attached hydrogens (primary N) is 1. The van der Waals surface area contributed by atoms with Crippen molar-refractivity contribution >= 4 is 29.9 Å². The summed E-state index contributed by atoms with van der Waals surface area (Å²) in [7, 11) is 0. The van der Waals surface area contributed by atoms with E-state index in [0.717, 1.165) is 25.7 Å². The standard InChI is InChI=1S/C16H19ClFN5O.ClH/c1-9-15(16(24)20-11-4-2-10(19)3-5-11)21-22-23(9)12-6-7-14(18)13(17)8-12;/h6-8,10-11H,2-5,19H2,1H3,(H,20,24);1H. The van der Waals surface area contributed by atoms with E-state index in [2.05, 4.69) is 15.6 Å². The zero-order chi connectivity index (χ0) is 17.3. The Hall–Kier alpha value is -1.70. The van der Waals surface area contributed by atoms with Gasteiger partial charge in [0.15, 0.2) is 5.69 Å². The smallest absolute Gasteiger partial charge is 0.273 e. The average Bonchev–Trinajstić information content (AvgIpc) is 2.94. The van der Waals surface area contributed by atoms with E-state index in [1.54, 1.807) is 6.92 Å². The molecule has 1 aromatic carbocycles. The van der Waals surface area contributed by atoms with Crippen molar-refractivity contribution < 1.29 is 9.18 Å². The van der Waals surface area contributed by atoms with E-state index in [1.165, 1.54) is 22.9 Å². The summed E-state index contributed by atoms with van der Waals surface area (Å²) in [5.74, 6) is -0.765. The second kappa shape index (κ2) is 8.12. The quantitative estimate of drug-likeness (QED) is 0.847. The number of aromatic nitrogens is 3. The van der Waals surface area contributed by atoms with Gasteiger partial charge in [-0.1, -0.05) is 16.8 Å². The molecule has 1 saturated carbocycles. The molecule has 9 heteroatoms. The maximum atomic E-state index is 13.3. The largest absolute Gasteiger partial charge is 0.348 e. The Labute approximate surface area is 156 Å². The summed E-state index contributed by atoms with van der Waals surface area (Å²) < 4.78 is 14.8. The van der Waals surface area contributed by atoms with Crippen LogP contribution in [0.4, 0.5) is 4.39 Å². The topological polar surface area (TPSA) is 85.8 Å². The van der Waals surface area contributed by atoms with Crippen molar-refractivity contribution in [3.05, 3.63) is 40.4 Å². The van der Waals surface area contributed by atoms with E-state index >= 15 is 0 Å². The number of amides is 1. The SMILES string of the molecule is Cc1c(C(=O)NC2CCC(N)CC2)nnn1-c1ccc(F)c(Cl)c1.Cl. The number of carbonyl (C=O) groups excluding carboxylic acids is 1. The molecule has 0 atom stereocenters. The first kappa shape index (κ1) is 19.6. The fourth-order valence-corrected chi connectivity index (χ4v) is 3.09. The molecule has 0 unspecified atom stereocenters. The van der Waals surface area contributed by atoms with Gasteiger partial charge >= 0.3 is 0 Å². The van der Waals surface area contributed by atoms with Gasteiger partial charge in [0, 0.05) is 12.1 Å². The summed E-state index contributed by atoms with van der Waals surface area (Å²) in [5.41, 5.74) is 7.25. The molecule has 1 aliphatic carbocycles. The molecule has 1 amide bonds. The Morgan fingerprint density at radius 1 is 1.36 bits per heavy atom. The van der Waals surface area contributed by atoms with E-state index < -0.39 is 5.82 Å². The van der Waals surface area contributed by atoms with Crippen molar-refractivity contribution in [3.63, 3.8) is 0 Å². The summed E-state index contributed by atoms with van der Waals surface area (Å²) in [6.45, 7) is 1.74. The predicted molar refractivity (Wildman–Crippen MR) is 96.0 cm³/mol. The van der Waals surface area contributed by atoms with Crippen LogP contribution in [0.2, 0.25) is 5.02 Å². The van der Waals surface area contributed by atoms with Crippen LogP contribution in [0.25, 0.3) is 5.69 Å². The minimum atomic E-state index is -0.508. The number of nitrogens with one attached hydrogen (secondary N) is 1. The van der Waals surface area contributed by atoms with Crippen LogP contribution < -0.4 is 11.1 Å². The molecular formula is C16H20Cl2FN5O. The molecule has 1 heterocycles. The summed E-state index contributed by atoms with van der Waals surface area (Å²) in [4.78, 5) is 12.4. The molecule has 0 saturated heterocycles. The maximum absolute atomic E-state index is 13.3. The first-order chi connectivity index (χ1) is 11.5. The fourth-order valence-electron chi connectivity index (χ4n) is 2.92. The lowest BCUT2D eigenvalue weighted by Gasteiger charge is -2.26. The zero-order valence-corrected chi connectivity index (χ0v) is 15.3. The van der Waals surface area contributed by atoms with Crippen LogP contribution in [0.3, 0.4) is 0 Å². The van der Waals surface area contributed by atoms with E-state index in [4.69, 9.17) is 17.3 Å². The molecule has 0 spiro atoms. The van der Waals surface area contributed by atoms with E-state index in [-0.39, 0.29) is 41.1 Å². The van der Waals surface area contributed by atoms with Gasteiger partial charge in [-0.25, -0.2) is 9.07 Å². The van der Waals surface area contributed by atoms with Crippen LogP contribution in [-0.2, 0) is 0 Å². The molecule has 1 aromatic heterocycles. The molecule has 25 heavy (non-hydrogen) atoms. The van der Waals surface area contributed by atoms with Gasteiger partial charge in [-0.3, -0.25) is 4.79 Å². The first-order valence-electron chi connectivity index (χ1n) is 7.90. The first-order valence-corrected chi connectivity index (χ1v) is 8.27. The molecule has 3 N–H and O–H groups in total. The summed E-state index contributed by atoms with van der Waals surface area (Å²) >= 11 is 5.80. The highest BCUT2D eigenvalue weighted by atomic mass is 35.5. The monoisotopic (exact) mass is 387 g/mol. The van der Waals surface area contributed by atoms with Crippen LogP contribution in [0.15, 0.2) is 18.2 Å². The predicted octanol–water partition coefficient (Wildman–Crippen LogP) is 2.79. The average molecular weight is 388 g/mol. The normalized spacial score (nSPS) is 20.0. The Morgan fingerprint density at radius 3 is 2.68 bits per heavy atom. The van der Waals surface area contributed by atoms with Gasteiger partial charge in [-0.15, -0.1) is 17.5 Å². The van der Waals surface area contributed by atoms with E-state index in [9.17, 15) is 9.18 Å². The van der Waals surface area contributed by atoms with Crippen molar-refractivity contribution in [2.45, 2.75) is 44.7 Å². The highest BCUT2D eigenvalue weighted by Gasteiger charge is 2.23. The number of carbonyl (C=O) groups is 1. The lowest BCUT2D eigenvalue weighted by molar-refractivity contribution is 0.0920. The van der Waals surface area contributed by atoms with Gasteiger partial charge in [0.05, 0.1) is 16.4 Å². The Morgan fingerprint density at radius 2 is 2.04 bits per heavy atom. The van der Waals surface area contributed by atoms with Gasteiger partial charge < -0.3 is 11.1 Å². The Balaban J connectivity index is 0.00000225. The van der Waals surface area contributed by atoms with Crippen molar-refractivity contribution in [3.8, 4) is 5.69 Å². The molecule has 0 bridgehead atoms. The number of hydrogen-bond acceptors (Lipinski definition) is 4. The number of hydrogen-bond donors (Lipinski definition) is 2. The fraction of sp³-hybridized carbons (Fsp3) is 0.438. The minimum Gasteiger partial charge on any atom is -0.348 e. The highest BCUT2D eigenvalue weighted by molar-refractivity contribution is 6.30. The van der Waals surface area contributed by atoms with Crippen molar-refractivity contribution in [1.29, 1.82) is 0 Å². The van der Waals surface area contributed by atoms with Crippen molar-refractivity contribution in [2.75, 3.05) is 0 Å². The molecule has 136 valence electrons. The van der Waals surface area contributed by atoms with E-state index in [0.29, 0.717) is 11.4 Å². The Kier molecular flexibility index (Phi) is 6.37. The molecule has 0 aliphatic heterocycles. The van der Waals surface area contributed by atoms with Crippen LogP contribution >= 0.6 is 24.0 Å². The molecule has 1 fully saturated rings. The van der Waals surface area contributed by atoms with Crippen molar-refractivity contribution in [1.82, 2.24) is 20.3 Å². The number of nitrogens with zero attached hydrogens (tertiary/aromatic N) is 3. The minimum absolute atomic E-state index is 0. The number of halogens is 3. The van der Waals surface area contributed by atoms with Crippen molar-refractivity contribution in [2.24, 2.45) is 5.73 Å². The molecule has 3 rings (SSSR count). The summed E-state index contributed by atoms with van der Waals surface area (Å²) in [6, 6.07) is 4.57. The van der Waals surface area contributed by atoms with Gasteiger partial charge in [0.1, 0.15) is 5.82 Å². The second-order valence-electron chi connectivity index (χ2n) is 6.12. The third-order valence-electron chi connectivity index (χ3n) is 4.36. The number of rotatable bonds is 3. The van der Waals surface area contributed by atoms with Gasteiger partial charge in [0.2, 0.25) is 0 Å². The third-order valence-corrected chi connectivity index (χ3v) is 4.65. The molecule has 6 nitrogen and oxygen atoms in total. The second-order valence-corrected chi connectivity index (χ2v) is 6.53. The van der Waals surface area contributed by atoms with Gasteiger partial charge in [0.25, 0.3) is 5.91 Å². The van der Waals surface area contributed by atoms with Crippen LogP contribution in [0.5, 0.6) is 0 Å². The molecular weight excluding hydrogens is 368 g/mol. The third kappa shape index (κ3) is 4.29. The lowest BCUT2D eigenvalue weighted by Crippen LogP contribution is -2.40. The van der Waals surface area contributed by atoms with Crippen LogP contribution in [0.1, 0.15) is 41.9 Å². The molecule has 1 aliphatic rings. The maximum Gasteiger partial charge on any atom is 0.273 e. The molecule has 0 radical (unpaired) electrons. The van der Waals surface area contributed by atoms with Gasteiger partial charge in [-0.2, -0.15) is 0 Å². The van der Waals surface area contributed by atoms with E-state index in [1.807, 2.05) is 0 Å². The lowest BCUT2D eigenvalue weighted by atomic mass is 9.92. The van der Waals surface area contributed by atoms with Crippen LogP contribution in [0, 0.1) is 12.7 Å². The molecule has 2 aromatic rings. The number of benzene rings is 1.